The van der Waals surface area contributed by atoms with Crippen molar-refractivity contribution in [1.29, 1.82) is 0 Å². The van der Waals surface area contributed by atoms with E-state index in [1.807, 2.05) is 16.8 Å². The Bertz CT molecular complexity index is 1000. The molecule has 1 N–H and O–H groups in total. The Morgan fingerprint density at radius 2 is 2.18 bits per heavy atom. The summed E-state index contributed by atoms with van der Waals surface area (Å²) in [5.74, 6) is 0.0939. The van der Waals surface area contributed by atoms with Crippen LogP contribution in [0.2, 0.25) is 0 Å². The average molecular weight is 407 g/mol. The van der Waals surface area contributed by atoms with Crippen molar-refractivity contribution in [3.05, 3.63) is 46.0 Å². The van der Waals surface area contributed by atoms with Gasteiger partial charge in [0.05, 0.1) is 30.0 Å². The Balaban J connectivity index is 1.47. The number of anilines is 1. The maximum absolute atomic E-state index is 13.0. The second-order valence-electron chi connectivity index (χ2n) is 7.12. The van der Waals surface area contributed by atoms with E-state index in [1.54, 1.807) is 16.2 Å². The van der Waals surface area contributed by atoms with Crippen LogP contribution in [0.1, 0.15) is 23.4 Å². The first-order valence-electron chi connectivity index (χ1n) is 8.79. The summed E-state index contributed by atoms with van der Waals surface area (Å²) >= 11 is 1.60. The fourth-order valence-corrected chi connectivity index (χ4v) is 4.67. The van der Waals surface area contributed by atoms with Crippen molar-refractivity contribution in [2.45, 2.75) is 24.6 Å². The number of thiophene rings is 1. The van der Waals surface area contributed by atoms with Crippen LogP contribution in [-0.2, 0) is 22.9 Å². The van der Waals surface area contributed by atoms with Crippen molar-refractivity contribution in [3.63, 3.8) is 0 Å². The summed E-state index contributed by atoms with van der Waals surface area (Å²) < 4.78 is 44.9. The first-order chi connectivity index (χ1) is 13.5. The van der Waals surface area contributed by atoms with Crippen LogP contribution < -0.4 is 4.90 Å². The standard InChI is InChI=1S/C18H16F3N5OS/c19-18(20,21)13-1-4-22-16(23-13)26-5-3-17(9-26)10-27-7-12-14(24-25-15(12)17)11-2-6-28-8-11/h1-2,4,6,8H,3,5,7,9-10H2,(H,24,25). The van der Waals surface area contributed by atoms with E-state index in [9.17, 15) is 13.2 Å². The number of aromatic nitrogens is 4. The van der Waals surface area contributed by atoms with Crippen molar-refractivity contribution in [2.24, 2.45) is 0 Å². The van der Waals surface area contributed by atoms with Crippen molar-refractivity contribution in [2.75, 3.05) is 24.6 Å². The van der Waals surface area contributed by atoms with Gasteiger partial charge in [-0.25, -0.2) is 9.97 Å². The maximum Gasteiger partial charge on any atom is 0.433 e. The smallest absolute Gasteiger partial charge is 0.376 e. The number of nitrogens with zero attached hydrogens (tertiary/aromatic N) is 4. The number of H-pyrrole nitrogens is 1. The molecule has 0 aromatic carbocycles. The van der Waals surface area contributed by atoms with Crippen LogP contribution >= 0.6 is 11.3 Å². The highest BCUT2D eigenvalue weighted by molar-refractivity contribution is 7.08. The predicted octanol–water partition coefficient (Wildman–Crippen LogP) is 3.63. The van der Waals surface area contributed by atoms with Gasteiger partial charge in [-0.1, -0.05) is 0 Å². The summed E-state index contributed by atoms with van der Waals surface area (Å²) in [6.45, 7) is 1.99. The molecule has 6 nitrogen and oxygen atoms in total. The number of nitrogens with one attached hydrogen (secondary N) is 1. The van der Waals surface area contributed by atoms with Gasteiger partial charge >= 0.3 is 6.18 Å². The fraction of sp³-hybridized carbons (Fsp3) is 0.389. The van der Waals surface area contributed by atoms with Crippen LogP contribution in [0.5, 0.6) is 0 Å². The van der Waals surface area contributed by atoms with Crippen LogP contribution in [0.15, 0.2) is 29.1 Å². The van der Waals surface area contributed by atoms with Crippen LogP contribution in [0, 0.1) is 0 Å². The molecular formula is C18H16F3N5OS. The van der Waals surface area contributed by atoms with Crippen LogP contribution in [0.4, 0.5) is 19.1 Å². The van der Waals surface area contributed by atoms with Gasteiger partial charge in [0.2, 0.25) is 5.95 Å². The Hall–Kier alpha value is -2.46. The minimum Gasteiger partial charge on any atom is -0.376 e. The van der Waals surface area contributed by atoms with E-state index in [4.69, 9.17) is 4.74 Å². The largest absolute Gasteiger partial charge is 0.433 e. The molecular weight excluding hydrogens is 391 g/mol. The molecule has 5 heterocycles. The number of alkyl halides is 3. The zero-order chi connectivity index (χ0) is 19.4. The Labute approximate surface area is 162 Å². The molecule has 1 atom stereocenters. The maximum atomic E-state index is 13.0. The second kappa shape index (κ2) is 6.28. The molecule has 0 amide bonds. The van der Waals surface area contributed by atoms with Gasteiger partial charge in [-0.3, -0.25) is 5.10 Å². The highest BCUT2D eigenvalue weighted by atomic mass is 32.1. The van der Waals surface area contributed by atoms with Gasteiger partial charge < -0.3 is 9.64 Å². The quantitative estimate of drug-likeness (QED) is 0.703. The zero-order valence-corrected chi connectivity index (χ0v) is 15.5. The number of fused-ring (bicyclic) bond motifs is 2. The van der Waals surface area contributed by atoms with E-state index < -0.39 is 11.9 Å². The molecule has 0 bridgehead atoms. The molecule has 5 rings (SSSR count). The molecule has 2 aliphatic heterocycles. The topological polar surface area (TPSA) is 66.9 Å². The molecule has 10 heteroatoms. The van der Waals surface area contributed by atoms with E-state index in [0.717, 1.165) is 41.2 Å². The third-order valence-electron chi connectivity index (χ3n) is 5.39. The van der Waals surface area contributed by atoms with Gasteiger partial charge in [-0.2, -0.15) is 29.6 Å². The third-order valence-corrected chi connectivity index (χ3v) is 6.07. The van der Waals surface area contributed by atoms with Gasteiger partial charge in [0.25, 0.3) is 0 Å². The molecule has 1 saturated heterocycles. The minimum absolute atomic E-state index is 0.0939. The van der Waals surface area contributed by atoms with Crippen molar-refractivity contribution >= 4 is 17.3 Å². The number of aromatic amines is 1. The van der Waals surface area contributed by atoms with E-state index in [0.29, 0.717) is 26.3 Å². The summed E-state index contributed by atoms with van der Waals surface area (Å²) in [4.78, 5) is 9.59. The highest BCUT2D eigenvalue weighted by Gasteiger charge is 2.46. The lowest BCUT2D eigenvalue weighted by Gasteiger charge is -2.33. The number of hydrogen-bond donors (Lipinski definition) is 1. The Morgan fingerprint density at radius 1 is 1.29 bits per heavy atom. The number of halogens is 3. The molecule has 0 radical (unpaired) electrons. The average Bonchev–Trinajstić information content (AvgIpc) is 3.41. The molecule has 0 aliphatic carbocycles. The van der Waals surface area contributed by atoms with E-state index in [1.165, 1.54) is 0 Å². The van der Waals surface area contributed by atoms with E-state index >= 15 is 0 Å². The van der Waals surface area contributed by atoms with Gasteiger partial charge in [0, 0.05) is 35.8 Å². The number of rotatable bonds is 2. The van der Waals surface area contributed by atoms with Crippen LogP contribution in [0.3, 0.4) is 0 Å². The SMILES string of the molecule is FC(F)(F)c1ccnc(N2CCC3(COCc4c(-c5ccsc5)n[nH]c43)C2)n1. The molecule has 1 spiro atoms. The molecule has 146 valence electrons. The Morgan fingerprint density at radius 3 is 2.96 bits per heavy atom. The normalized spacial score (nSPS) is 22.0. The third kappa shape index (κ3) is 2.78. The number of hydrogen-bond acceptors (Lipinski definition) is 6. The first-order valence-corrected chi connectivity index (χ1v) is 9.74. The molecule has 1 unspecified atom stereocenters. The lowest BCUT2D eigenvalue weighted by molar-refractivity contribution is -0.141. The number of ether oxygens (including phenoxy) is 1. The fourth-order valence-electron chi connectivity index (χ4n) is 4.03. The summed E-state index contributed by atoms with van der Waals surface area (Å²) in [5.41, 5.74) is 2.67. The summed E-state index contributed by atoms with van der Waals surface area (Å²) in [6, 6.07) is 2.90. The van der Waals surface area contributed by atoms with Gasteiger partial charge in [-0.15, -0.1) is 0 Å². The van der Waals surface area contributed by atoms with Gasteiger partial charge in [0.1, 0.15) is 5.69 Å². The van der Waals surface area contributed by atoms with Crippen molar-refractivity contribution in [1.82, 2.24) is 20.2 Å². The minimum atomic E-state index is -4.49. The van der Waals surface area contributed by atoms with Crippen LogP contribution in [0.25, 0.3) is 11.3 Å². The summed E-state index contributed by atoms with van der Waals surface area (Å²) in [6.07, 6.45) is -2.61. The molecule has 3 aromatic rings. The zero-order valence-electron chi connectivity index (χ0n) is 14.7. The monoisotopic (exact) mass is 407 g/mol. The summed E-state index contributed by atoms with van der Waals surface area (Å²) in [5, 5.41) is 11.7. The predicted molar refractivity (Wildman–Crippen MR) is 97.1 cm³/mol. The van der Waals surface area contributed by atoms with E-state index in [-0.39, 0.29) is 11.4 Å². The van der Waals surface area contributed by atoms with Gasteiger partial charge in [0.15, 0.2) is 0 Å². The first kappa shape index (κ1) is 17.6. The summed E-state index contributed by atoms with van der Waals surface area (Å²) in [7, 11) is 0. The second-order valence-corrected chi connectivity index (χ2v) is 7.90. The lowest BCUT2D eigenvalue weighted by Crippen LogP contribution is -2.40. The lowest BCUT2D eigenvalue weighted by atomic mass is 9.80. The highest BCUT2D eigenvalue weighted by Crippen LogP contribution is 2.43. The van der Waals surface area contributed by atoms with Gasteiger partial charge in [-0.05, 0) is 23.9 Å². The molecule has 3 aromatic heterocycles. The molecule has 0 saturated carbocycles. The molecule has 2 aliphatic rings. The van der Waals surface area contributed by atoms with Crippen molar-refractivity contribution in [3.8, 4) is 11.3 Å². The Kier molecular flexibility index (Phi) is 3.95. The molecule has 28 heavy (non-hydrogen) atoms. The van der Waals surface area contributed by atoms with E-state index in [2.05, 4.69) is 20.2 Å². The molecule has 1 fully saturated rings. The van der Waals surface area contributed by atoms with Crippen LogP contribution in [-0.4, -0.2) is 39.9 Å². The van der Waals surface area contributed by atoms with Crippen molar-refractivity contribution < 1.29 is 17.9 Å².